The van der Waals surface area contributed by atoms with E-state index < -0.39 is 14.9 Å². The Hall–Kier alpha value is -2.01. The lowest BCUT2D eigenvalue weighted by Crippen LogP contribution is -2.50. The zero-order chi connectivity index (χ0) is 19.8. The molecule has 0 unspecified atom stereocenters. The monoisotopic (exact) mass is 429 g/mol. The van der Waals surface area contributed by atoms with E-state index in [-0.39, 0.29) is 42.0 Å². The largest absolute Gasteiger partial charge is 0.336 e. The number of piperazine rings is 1. The molecule has 2 aromatic rings. The zero-order valence-corrected chi connectivity index (χ0v) is 16.7. The fraction of sp³-hybridized carbons (Fsp3) is 0.312. The second-order valence-electron chi connectivity index (χ2n) is 6.01. The number of hydrogen-bond acceptors (Lipinski definition) is 6. The molecule has 1 aliphatic heterocycles. The van der Waals surface area contributed by atoms with Crippen molar-refractivity contribution < 1.29 is 18.1 Å². The van der Waals surface area contributed by atoms with Gasteiger partial charge in [-0.1, -0.05) is 11.6 Å². The molecule has 1 saturated heterocycles. The quantitative estimate of drug-likeness (QED) is 0.549. The minimum atomic E-state index is -3.62. The highest BCUT2D eigenvalue weighted by Gasteiger charge is 2.31. The number of carbonyl (C=O) groups excluding carboxylic acids is 1. The van der Waals surface area contributed by atoms with Crippen LogP contribution in [0.5, 0.6) is 0 Å². The van der Waals surface area contributed by atoms with Gasteiger partial charge in [-0.2, -0.15) is 4.31 Å². The normalized spacial score (nSPS) is 15.7. The first kappa shape index (κ1) is 19.7. The molecule has 1 fully saturated rings. The number of benzene rings is 1. The van der Waals surface area contributed by atoms with Gasteiger partial charge in [-0.15, -0.1) is 11.3 Å². The third-order valence-electron chi connectivity index (χ3n) is 4.31. The summed E-state index contributed by atoms with van der Waals surface area (Å²) in [6.45, 7) is 2.41. The third kappa shape index (κ3) is 3.98. The van der Waals surface area contributed by atoms with Gasteiger partial charge in [-0.3, -0.25) is 14.9 Å². The smallest absolute Gasteiger partial charge is 0.272 e. The first-order valence-corrected chi connectivity index (χ1v) is 10.6. The Morgan fingerprint density at radius 2 is 1.85 bits per heavy atom. The second-order valence-corrected chi connectivity index (χ2v) is 9.89. The minimum absolute atomic E-state index is 0.0444. The Labute approximate surface area is 165 Å². The Bertz CT molecular complexity index is 997. The Morgan fingerprint density at radius 3 is 2.37 bits per heavy atom. The van der Waals surface area contributed by atoms with Gasteiger partial charge in [0, 0.05) is 43.4 Å². The van der Waals surface area contributed by atoms with Crippen LogP contribution < -0.4 is 0 Å². The number of nitrogens with zero attached hydrogens (tertiary/aromatic N) is 3. The van der Waals surface area contributed by atoms with E-state index in [0.29, 0.717) is 15.5 Å². The molecule has 3 rings (SSSR count). The van der Waals surface area contributed by atoms with Gasteiger partial charge >= 0.3 is 0 Å². The fourth-order valence-corrected chi connectivity index (χ4v) is 5.93. The highest BCUT2D eigenvalue weighted by molar-refractivity contribution is 7.91. The SMILES string of the molecule is Cc1cc(C(=O)N2CCN(S(=O)(=O)c3ccc(Cl)s3)CC2)ccc1[N+](=O)[O-]. The third-order valence-corrected chi connectivity index (χ3v) is 7.91. The molecule has 1 aliphatic rings. The topological polar surface area (TPSA) is 101 Å². The summed E-state index contributed by atoms with van der Waals surface area (Å²) in [4.78, 5) is 24.6. The molecule has 0 aliphatic carbocycles. The molecular weight excluding hydrogens is 414 g/mol. The maximum Gasteiger partial charge on any atom is 0.272 e. The maximum atomic E-state index is 12.6. The van der Waals surface area contributed by atoms with E-state index in [0.717, 1.165) is 11.3 Å². The first-order chi connectivity index (χ1) is 12.7. The van der Waals surface area contributed by atoms with Crippen molar-refractivity contribution in [2.45, 2.75) is 11.1 Å². The fourth-order valence-electron chi connectivity index (χ4n) is 2.87. The average Bonchev–Trinajstić information content (AvgIpc) is 3.08. The Balaban J connectivity index is 1.69. The van der Waals surface area contributed by atoms with E-state index in [9.17, 15) is 23.3 Å². The number of sulfonamides is 1. The summed E-state index contributed by atoms with van der Waals surface area (Å²) in [5.74, 6) is -0.274. The van der Waals surface area contributed by atoms with Crippen molar-refractivity contribution in [2.24, 2.45) is 0 Å². The van der Waals surface area contributed by atoms with E-state index in [1.54, 1.807) is 11.8 Å². The lowest BCUT2D eigenvalue weighted by molar-refractivity contribution is -0.385. The van der Waals surface area contributed by atoms with E-state index in [1.165, 1.54) is 34.6 Å². The minimum Gasteiger partial charge on any atom is -0.336 e. The van der Waals surface area contributed by atoms with Gasteiger partial charge in [0.05, 0.1) is 9.26 Å². The molecule has 1 amide bonds. The van der Waals surface area contributed by atoms with Crippen LogP contribution in [0, 0.1) is 17.0 Å². The molecule has 11 heteroatoms. The number of nitro benzene ring substituents is 1. The summed E-state index contributed by atoms with van der Waals surface area (Å²) >= 11 is 6.82. The molecule has 1 aromatic heterocycles. The predicted octanol–water partition coefficient (Wildman–Crippen LogP) is 2.76. The molecule has 0 atom stereocenters. The summed E-state index contributed by atoms with van der Waals surface area (Å²) in [5, 5.41) is 10.9. The number of nitro groups is 1. The molecule has 2 heterocycles. The van der Waals surface area contributed by atoms with Crippen molar-refractivity contribution in [3.8, 4) is 0 Å². The van der Waals surface area contributed by atoms with Gasteiger partial charge in [0.15, 0.2) is 0 Å². The van der Waals surface area contributed by atoms with Crippen molar-refractivity contribution >= 4 is 44.6 Å². The molecule has 1 aromatic carbocycles. The van der Waals surface area contributed by atoms with Crippen molar-refractivity contribution in [2.75, 3.05) is 26.2 Å². The molecule has 144 valence electrons. The molecule has 0 saturated carbocycles. The van der Waals surface area contributed by atoms with Crippen LogP contribution in [0.15, 0.2) is 34.5 Å². The summed E-state index contributed by atoms with van der Waals surface area (Å²) in [6.07, 6.45) is 0. The molecular formula is C16H16ClN3O5S2. The van der Waals surface area contributed by atoms with E-state index in [1.807, 2.05) is 0 Å². The number of halogens is 1. The lowest BCUT2D eigenvalue weighted by Gasteiger charge is -2.33. The number of amides is 1. The number of carbonyl (C=O) groups is 1. The Morgan fingerprint density at radius 1 is 1.19 bits per heavy atom. The van der Waals surface area contributed by atoms with E-state index in [2.05, 4.69) is 0 Å². The summed E-state index contributed by atoms with van der Waals surface area (Å²) < 4.78 is 27.1. The summed E-state index contributed by atoms with van der Waals surface area (Å²) in [5.41, 5.74) is 0.707. The van der Waals surface area contributed by atoms with E-state index >= 15 is 0 Å². The van der Waals surface area contributed by atoms with Gasteiger partial charge in [0.25, 0.3) is 21.6 Å². The highest BCUT2D eigenvalue weighted by atomic mass is 35.5. The zero-order valence-electron chi connectivity index (χ0n) is 14.3. The van der Waals surface area contributed by atoms with Crippen LogP contribution in [0.1, 0.15) is 15.9 Å². The molecule has 8 nitrogen and oxygen atoms in total. The average molecular weight is 430 g/mol. The van der Waals surface area contributed by atoms with Crippen molar-refractivity contribution in [3.63, 3.8) is 0 Å². The number of aryl methyl sites for hydroxylation is 1. The Kier molecular flexibility index (Phi) is 5.52. The molecule has 27 heavy (non-hydrogen) atoms. The highest BCUT2D eigenvalue weighted by Crippen LogP contribution is 2.29. The van der Waals surface area contributed by atoms with Crippen molar-refractivity contribution in [1.82, 2.24) is 9.21 Å². The van der Waals surface area contributed by atoms with Crippen LogP contribution in [-0.4, -0.2) is 54.6 Å². The molecule has 0 N–H and O–H groups in total. The van der Waals surface area contributed by atoms with Crippen molar-refractivity contribution in [1.29, 1.82) is 0 Å². The van der Waals surface area contributed by atoms with Gasteiger partial charge < -0.3 is 4.90 Å². The number of rotatable bonds is 4. The lowest BCUT2D eigenvalue weighted by atomic mass is 10.1. The standard InChI is InChI=1S/C16H16ClN3O5S2/c1-11-10-12(2-3-13(11)20(22)23)16(21)18-6-8-19(9-7-18)27(24,25)15-5-4-14(17)26-15/h2-5,10H,6-9H2,1H3. The molecule has 0 spiro atoms. The van der Waals surface area contributed by atoms with Gasteiger partial charge in [-0.05, 0) is 31.2 Å². The van der Waals surface area contributed by atoms with Crippen LogP contribution in [0.25, 0.3) is 0 Å². The summed E-state index contributed by atoms with van der Waals surface area (Å²) in [7, 11) is -3.62. The van der Waals surface area contributed by atoms with Gasteiger partial charge in [0.1, 0.15) is 4.21 Å². The van der Waals surface area contributed by atoms with Crippen LogP contribution >= 0.6 is 22.9 Å². The van der Waals surface area contributed by atoms with Crippen LogP contribution in [0.3, 0.4) is 0 Å². The number of thiophene rings is 1. The van der Waals surface area contributed by atoms with Crippen LogP contribution in [0.4, 0.5) is 5.69 Å². The first-order valence-electron chi connectivity index (χ1n) is 8.00. The molecule has 0 bridgehead atoms. The number of hydrogen-bond donors (Lipinski definition) is 0. The molecule has 0 radical (unpaired) electrons. The predicted molar refractivity (Wildman–Crippen MR) is 102 cm³/mol. The van der Waals surface area contributed by atoms with Gasteiger partial charge in [-0.25, -0.2) is 8.42 Å². The van der Waals surface area contributed by atoms with Gasteiger partial charge in [0.2, 0.25) is 0 Å². The summed E-state index contributed by atoms with van der Waals surface area (Å²) in [6, 6.07) is 7.22. The second kappa shape index (κ2) is 7.55. The van der Waals surface area contributed by atoms with E-state index in [4.69, 9.17) is 11.6 Å². The van der Waals surface area contributed by atoms with Crippen LogP contribution in [-0.2, 0) is 10.0 Å². The van der Waals surface area contributed by atoms with Crippen LogP contribution in [0.2, 0.25) is 4.34 Å². The maximum absolute atomic E-state index is 12.6. The van der Waals surface area contributed by atoms with Crippen molar-refractivity contribution in [3.05, 3.63) is 55.9 Å².